The minimum absolute atomic E-state index is 0.0410. The number of allylic oxidation sites excluding steroid dienone is 1. The fourth-order valence-corrected chi connectivity index (χ4v) is 5.97. The summed E-state index contributed by atoms with van der Waals surface area (Å²) in [4.78, 5) is 47.1. The third kappa shape index (κ3) is 6.24. The molecule has 1 atom stereocenters. The first kappa shape index (κ1) is 28.2. The Labute approximate surface area is 231 Å². The normalized spacial score (nSPS) is 19.6. The van der Waals surface area contributed by atoms with Gasteiger partial charge < -0.3 is 24.0 Å². The Kier molecular flexibility index (Phi) is 9.51. The maximum atomic E-state index is 13.3. The van der Waals surface area contributed by atoms with Crippen LogP contribution in [0.5, 0.6) is 0 Å². The second-order valence-corrected chi connectivity index (χ2v) is 10.4. The Hall–Kier alpha value is -2.82. The van der Waals surface area contributed by atoms with E-state index < -0.39 is 12.0 Å². The Balaban J connectivity index is 1.55. The number of amidine groups is 1. The summed E-state index contributed by atoms with van der Waals surface area (Å²) >= 11 is 7.76. The number of methoxy groups -OCH3 is 1. The number of amides is 1. The Morgan fingerprint density at radius 2 is 1.92 bits per heavy atom. The standard InChI is InChI=1S/C27H32ClN3O6S/c1-4-36-25(33)18-8-10-30(11-9-18)22(32)15-21-16-38-27-29-17(2)23(26(34)37-13-12-35-3)24(31(21)27)19-6-5-7-20(28)14-19/h5-7,14,16,18,24H,4,8-13,15H2,1-3H3. The minimum Gasteiger partial charge on any atom is -0.466 e. The molecule has 1 unspecified atom stereocenters. The molecule has 1 fully saturated rings. The van der Waals surface area contributed by atoms with E-state index in [1.807, 2.05) is 28.5 Å². The lowest BCUT2D eigenvalue weighted by molar-refractivity contribution is -0.151. The van der Waals surface area contributed by atoms with Crippen molar-refractivity contribution in [1.82, 2.24) is 9.80 Å². The van der Waals surface area contributed by atoms with Crippen molar-refractivity contribution in [1.29, 1.82) is 0 Å². The number of rotatable bonds is 9. The molecule has 0 N–H and O–H groups in total. The molecule has 0 spiro atoms. The predicted octanol–water partition coefficient (Wildman–Crippen LogP) is 4.30. The first-order valence-electron chi connectivity index (χ1n) is 12.6. The molecule has 3 aliphatic rings. The Morgan fingerprint density at radius 1 is 1.16 bits per heavy atom. The van der Waals surface area contributed by atoms with Gasteiger partial charge in [0.05, 0.1) is 42.9 Å². The molecule has 204 valence electrons. The van der Waals surface area contributed by atoms with Gasteiger partial charge in [-0.3, -0.25) is 9.59 Å². The number of piperidine rings is 1. The van der Waals surface area contributed by atoms with Crippen molar-refractivity contribution < 1.29 is 28.6 Å². The lowest BCUT2D eigenvalue weighted by Crippen LogP contribution is -2.42. The van der Waals surface area contributed by atoms with Crippen LogP contribution in [0.25, 0.3) is 0 Å². The average molecular weight is 562 g/mol. The van der Waals surface area contributed by atoms with Crippen molar-refractivity contribution in [3.05, 3.63) is 57.2 Å². The summed E-state index contributed by atoms with van der Waals surface area (Å²) in [6, 6.07) is 6.76. The van der Waals surface area contributed by atoms with E-state index in [1.165, 1.54) is 11.8 Å². The van der Waals surface area contributed by atoms with E-state index in [2.05, 4.69) is 4.99 Å². The van der Waals surface area contributed by atoms with Crippen molar-refractivity contribution in [3.8, 4) is 0 Å². The van der Waals surface area contributed by atoms with Crippen LogP contribution in [0.2, 0.25) is 5.02 Å². The van der Waals surface area contributed by atoms with Gasteiger partial charge >= 0.3 is 11.9 Å². The van der Waals surface area contributed by atoms with Crippen LogP contribution in [0.3, 0.4) is 0 Å². The molecular formula is C27H32ClN3O6S. The molecule has 0 bridgehead atoms. The molecule has 3 aliphatic heterocycles. The quantitative estimate of drug-likeness (QED) is 0.325. The number of fused-ring (bicyclic) bond motifs is 1. The van der Waals surface area contributed by atoms with Gasteiger partial charge in [0.25, 0.3) is 0 Å². The van der Waals surface area contributed by atoms with Crippen LogP contribution in [-0.2, 0) is 28.6 Å². The van der Waals surface area contributed by atoms with Gasteiger partial charge in [-0.05, 0) is 49.8 Å². The zero-order chi connectivity index (χ0) is 27.2. The van der Waals surface area contributed by atoms with E-state index in [-0.39, 0.29) is 37.4 Å². The SMILES string of the molecule is CCOC(=O)C1CCN(C(=O)CC2=CSC3=NC(C)=C(C(=O)OCCOC)C(c4cccc(Cl)c4)N23)CC1. The lowest BCUT2D eigenvalue weighted by Gasteiger charge is -2.37. The summed E-state index contributed by atoms with van der Waals surface area (Å²) in [5.41, 5.74) is 2.48. The number of hydrogen-bond acceptors (Lipinski definition) is 9. The largest absolute Gasteiger partial charge is 0.466 e. The van der Waals surface area contributed by atoms with Gasteiger partial charge in [-0.1, -0.05) is 35.5 Å². The van der Waals surface area contributed by atoms with Crippen LogP contribution in [0.15, 0.2) is 51.6 Å². The van der Waals surface area contributed by atoms with Crippen LogP contribution in [0.1, 0.15) is 44.7 Å². The summed E-state index contributed by atoms with van der Waals surface area (Å²) in [7, 11) is 1.54. The van der Waals surface area contributed by atoms with Gasteiger partial charge in [-0.25, -0.2) is 9.79 Å². The molecule has 0 saturated carbocycles. The number of thioether (sulfide) groups is 1. The Bertz CT molecular complexity index is 1180. The van der Waals surface area contributed by atoms with Crippen molar-refractivity contribution >= 4 is 46.4 Å². The number of nitrogens with zero attached hydrogens (tertiary/aromatic N) is 3. The molecule has 0 radical (unpaired) electrons. The number of likely N-dealkylation sites (tertiary alicyclic amines) is 1. The van der Waals surface area contributed by atoms with Gasteiger partial charge in [0.15, 0.2) is 5.17 Å². The molecule has 11 heteroatoms. The van der Waals surface area contributed by atoms with Crippen LogP contribution < -0.4 is 0 Å². The second kappa shape index (κ2) is 12.8. The summed E-state index contributed by atoms with van der Waals surface area (Å²) < 4.78 is 15.7. The zero-order valence-corrected chi connectivity index (χ0v) is 23.3. The summed E-state index contributed by atoms with van der Waals surface area (Å²) in [5.74, 6) is -0.898. The molecule has 4 rings (SSSR count). The number of esters is 2. The van der Waals surface area contributed by atoms with Crippen LogP contribution in [-0.4, -0.2) is 72.8 Å². The molecule has 3 heterocycles. The minimum atomic E-state index is -0.556. The smallest absolute Gasteiger partial charge is 0.338 e. The van der Waals surface area contributed by atoms with Gasteiger partial charge in [-0.15, -0.1) is 0 Å². The number of carbonyl (C=O) groups excluding carboxylic acids is 3. The van der Waals surface area contributed by atoms with Crippen LogP contribution in [0.4, 0.5) is 0 Å². The second-order valence-electron chi connectivity index (χ2n) is 9.16. The summed E-state index contributed by atoms with van der Waals surface area (Å²) in [6.45, 7) is 5.32. The highest BCUT2D eigenvalue weighted by atomic mass is 35.5. The summed E-state index contributed by atoms with van der Waals surface area (Å²) in [6.07, 6.45) is 1.30. The van der Waals surface area contributed by atoms with Crippen LogP contribution in [0, 0.1) is 5.92 Å². The number of hydrogen-bond donors (Lipinski definition) is 0. The lowest BCUT2D eigenvalue weighted by atomic mass is 9.93. The molecule has 9 nitrogen and oxygen atoms in total. The van der Waals surface area contributed by atoms with E-state index in [4.69, 9.17) is 25.8 Å². The van der Waals surface area contributed by atoms with Gasteiger partial charge in [-0.2, -0.15) is 0 Å². The predicted molar refractivity (Wildman–Crippen MR) is 145 cm³/mol. The maximum absolute atomic E-state index is 13.3. The first-order chi connectivity index (χ1) is 18.3. The third-order valence-corrected chi connectivity index (χ3v) is 7.83. The molecule has 1 aromatic carbocycles. The molecule has 0 aromatic heterocycles. The Morgan fingerprint density at radius 3 is 2.61 bits per heavy atom. The van der Waals surface area contributed by atoms with Crippen molar-refractivity contribution in [2.75, 3.05) is 40.0 Å². The fourth-order valence-electron chi connectivity index (χ4n) is 4.81. The van der Waals surface area contributed by atoms with Crippen LogP contribution >= 0.6 is 23.4 Å². The van der Waals surface area contributed by atoms with Gasteiger partial charge in [0, 0.05) is 30.9 Å². The van der Waals surface area contributed by atoms with E-state index >= 15 is 0 Å². The van der Waals surface area contributed by atoms with Crippen molar-refractivity contribution in [2.24, 2.45) is 10.9 Å². The molecule has 1 amide bonds. The van der Waals surface area contributed by atoms with Crippen molar-refractivity contribution in [2.45, 2.75) is 39.2 Å². The number of benzene rings is 1. The zero-order valence-electron chi connectivity index (χ0n) is 21.8. The number of aliphatic imine (C=N–C) groups is 1. The van der Waals surface area contributed by atoms with E-state index in [0.29, 0.717) is 54.0 Å². The number of halogens is 1. The highest BCUT2D eigenvalue weighted by molar-refractivity contribution is 8.16. The highest BCUT2D eigenvalue weighted by Gasteiger charge is 2.41. The molecule has 1 aromatic rings. The maximum Gasteiger partial charge on any atom is 0.338 e. The van der Waals surface area contributed by atoms with Gasteiger partial charge in [0.1, 0.15) is 6.61 Å². The monoisotopic (exact) mass is 561 g/mol. The molecule has 0 aliphatic carbocycles. The number of ether oxygens (including phenoxy) is 3. The summed E-state index contributed by atoms with van der Waals surface area (Å²) in [5, 5.41) is 3.13. The third-order valence-electron chi connectivity index (χ3n) is 6.71. The topological polar surface area (TPSA) is 97.7 Å². The molecular weight excluding hydrogens is 530 g/mol. The number of carbonyl (C=O) groups is 3. The van der Waals surface area contributed by atoms with E-state index in [0.717, 1.165) is 11.3 Å². The average Bonchev–Trinajstić information content (AvgIpc) is 3.29. The molecule has 38 heavy (non-hydrogen) atoms. The first-order valence-corrected chi connectivity index (χ1v) is 13.9. The fraction of sp³-hybridized carbons (Fsp3) is 0.481. The van der Waals surface area contributed by atoms with E-state index in [9.17, 15) is 14.4 Å². The molecule has 1 saturated heterocycles. The van der Waals surface area contributed by atoms with Gasteiger partial charge in [0.2, 0.25) is 5.91 Å². The highest BCUT2D eigenvalue weighted by Crippen LogP contribution is 2.45. The van der Waals surface area contributed by atoms with Crippen molar-refractivity contribution in [3.63, 3.8) is 0 Å². The van der Waals surface area contributed by atoms with E-state index in [1.54, 1.807) is 31.9 Å².